The Hall–Kier alpha value is -1.02. The van der Waals surface area contributed by atoms with Gasteiger partial charge in [0.25, 0.3) is 5.56 Å². The van der Waals surface area contributed by atoms with Gasteiger partial charge in [-0.3, -0.25) is 4.79 Å². The Morgan fingerprint density at radius 2 is 2.24 bits per heavy atom. The molecule has 2 atom stereocenters. The average molecular weight is 267 g/mol. The maximum absolute atomic E-state index is 12.7. The summed E-state index contributed by atoms with van der Waals surface area (Å²) < 4.78 is 38.2. The van der Waals surface area contributed by atoms with Gasteiger partial charge in [0.2, 0.25) is 0 Å². The summed E-state index contributed by atoms with van der Waals surface area (Å²) in [5.74, 6) is 0. The summed E-state index contributed by atoms with van der Waals surface area (Å²) in [6.45, 7) is 1.57. The monoisotopic (exact) mass is 267 g/mol. The van der Waals surface area contributed by atoms with E-state index in [4.69, 9.17) is 5.73 Å². The first-order chi connectivity index (χ1) is 7.84. The zero-order chi connectivity index (χ0) is 13.1. The number of halogens is 3. The number of hydrogen-bond acceptors (Lipinski definition) is 4. The van der Waals surface area contributed by atoms with Crippen LogP contribution in [0.25, 0.3) is 0 Å². The molecule has 0 radical (unpaired) electrons. The lowest BCUT2D eigenvalue weighted by molar-refractivity contribution is -0.132. The van der Waals surface area contributed by atoms with Gasteiger partial charge < -0.3 is 10.7 Å². The van der Waals surface area contributed by atoms with E-state index in [1.807, 2.05) is 0 Å². The molecule has 3 N–H and O–H groups in total. The van der Waals surface area contributed by atoms with Crippen LogP contribution in [0.15, 0.2) is 22.2 Å². The topological polar surface area (TPSA) is 71.8 Å². The Bertz CT molecular complexity index is 420. The van der Waals surface area contributed by atoms with Gasteiger partial charge in [0.1, 0.15) is 5.25 Å². The summed E-state index contributed by atoms with van der Waals surface area (Å²) >= 11 is 0.426. The number of aromatic nitrogens is 2. The maximum atomic E-state index is 12.7. The van der Waals surface area contributed by atoms with Crippen molar-refractivity contribution in [3.8, 4) is 0 Å². The van der Waals surface area contributed by atoms with Crippen LogP contribution >= 0.6 is 11.8 Å². The van der Waals surface area contributed by atoms with E-state index in [-0.39, 0.29) is 11.6 Å². The summed E-state index contributed by atoms with van der Waals surface area (Å²) in [6.07, 6.45) is -3.09. The van der Waals surface area contributed by atoms with E-state index in [0.717, 1.165) is 12.3 Å². The van der Waals surface area contributed by atoms with E-state index in [9.17, 15) is 18.0 Å². The van der Waals surface area contributed by atoms with Crippen LogP contribution in [-0.2, 0) is 0 Å². The molecule has 0 aromatic carbocycles. The predicted octanol–water partition coefficient (Wildman–Crippen LogP) is 1.53. The highest BCUT2D eigenvalue weighted by atomic mass is 32.2. The summed E-state index contributed by atoms with van der Waals surface area (Å²) in [5.41, 5.74) is 4.94. The minimum atomic E-state index is -4.44. The fourth-order valence-electron chi connectivity index (χ4n) is 1.14. The minimum Gasteiger partial charge on any atom is -0.326 e. The molecule has 0 saturated heterocycles. The molecule has 8 heteroatoms. The van der Waals surface area contributed by atoms with Gasteiger partial charge in [-0.1, -0.05) is 18.7 Å². The van der Waals surface area contributed by atoms with Gasteiger partial charge >= 0.3 is 6.18 Å². The molecule has 0 aliphatic rings. The summed E-state index contributed by atoms with van der Waals surface area (Å²) in [4.78, 5) is 16.8. The van der Waals surface area contributed by atoms with Crippen molar-refractivity contribution in [3.63, 3.8) is 0 Å². The number of alkyl halides is 3. The molecule has 0 aliphatic heterocycles. The lowest BCUT2D eigenvalue weighted by Gasteiger charge is -2.24. The molecule has 4 nitrogen and oxygen atoms in total. The molecule has 0 spiro atoms. The number of hydrogen-bond donors (Lipinski definition) is 2. The third-order valence-corrected chi connectivity index (χ3v) is 3.37. The first-order valence-corrected chi connectivity index (χ1v) is 5.77. The molecule has 1 aromatic heterocycles. The molecule has 0 aliphatic carbocycles. The number of thioether (sulfide) groups is 1. The Morgan fingerprint density at radius 3 is 2.71 bits per heavy atom. The average Bonchev–Trinajstić information content (AvgIpc) is 2.23. The van der Waals surface area contributed by atoms with Crippen molar-refractivity contribution in [2.45, 2.75) is 36.0 Å². The van der Waals surface area contributed by atoms with Crippen LogP contribution in [0.2, 0.25) is 0 Å². The Morgan fingerprint density at radius 1 is 1.59 bits per heavy atom. The molecule has 0 bridgehead atoms. The minimum absolute atomic E-state index is 0.0799. The zero-order valence-electron chi connectivity index (χ0n) is 8.99. The van der Waals surface area contributed by atoms with Crippen molar-refractivity contribution in [3.05, 3.63) is 22.6 Å². The van der Waals surface area contributed by atoms with Crippen molar-refractivity contribution in [1.82, 2.24) is 9.97 Å². The van der Waals surface area contributed by atoms with E-state index in [0.29, 0.717) is 11.8 Å². The molecule has 1 aromatic rings. The number of aromatic amines is 1. The molecule has 96 valence electrons. The van der Waals surface area contributed by atoms with Gasteiger partial charge in [-0.2, -0.15) is 13.2 Å². The van der Waals surface area contributed by atoms with Crippen LogP contribution in [0.1, 0.15) is 13.3 Å². The van der Waals surface area contributed by atoms with Gasteiger partial charge in [0.15, 0.2) is 5.16 Å². The highest BCUT2D eigenvalue weighted by Gasteiger charge is 2.44. The number of rotatable bonds is 4. The molecular formula is C9H12F3N3OS. The third-order valence-electron chi connectivity index (χ3n) is 2.07. The van der Waals surface area contributed by atoms with Crippen molar-refractivity contribution in [2.24, 2.45) is 5.73 Å². The molecule has 0 saturated carbocycles. The smallest absolute Gasteiger partial charge is 0.326 e. The number of H-pyrrole nitrogens is 1. The van der Waals surface area contributed by atoms with Crippen LogP contribution in [0.5, 0.6) is 0 Å². The fraction of sp³-hybridized carbons (Fsp3) is 0.556. The molecule has 0 fully saturated rings. The second-order valence-electron chi connectivity index (χ2n) is 3.39. The second kappa shape index (κ2) is 5.54. The highest BCUT2D eigenvalue weighted by Crippen LogP contribution is 2.35. The van der Waals surface area contributed by atoms with Crippen LogP contribution in [0.3, 0.4) is 0 Å². The first-order valence-electron chi connectivity index (χ1n) is 4.89. The Balaban J connectivity index is 2.91. The summed E-state index contributed by atoms with van der Waals surface area (Å²) in [5, 5.41) is -1.86. The van der Waals surface area contributed by atoms with Gasteiger partial charge in [-0.15, -0.1) is 0 Å². The molecule has 2 unspecified atom stereocenters. The van der Waals surface area contributed by atoms with E-state index in [1.54, 1.807) is 6.92 Å². The van der Waals surface area contributed by atoms with Gasteiger partial charge in [-0.05, 0) is 6.42 Å². The van der Waals surface area contributed by atoms with Crippen molar-refractivity contribution >= 4 is 11.8 Å². The van der Waals surface area contributed by atoms with Crippen LogP contribution in [-0.4, -0.2) is 27.4 Å². The lowest BCUT2D eigenvalue weighted by atomic mass is 10.1. The zero-order valence-corrected chi connectivity index (χ0v) is 9.81. The van der Waals surface area contributed by atoms with Gasteiger partial charge in [0.05, 0.1) is 0 Å². The predicted molar refractivity (Wildman–Crippen MR) is 58.8 cm³/mol. The highest BCUT2D eigenvalue weighted by molar-refractivity contribution is 7.99. The lowest BCUT2D eigenvalue weighted by Crippen LogP contribution is -2.42. The molecular weight excluding hydrogens is 255 g/mol. The number of nitrogens with zero attached hydrogens (tertiary/aromatic N) is 1. The standard InChI is InChI=1S/C9H12F3N3OS/c1-2-5(13)7(9(10,11)12)17-8-14-4-3-6(16)15-8/h3-5,7H,2,13H2,1H3,(H,14,15,16). The van der Waals surface area contributed by atoms with Crippen LogP contribution in [0, 0.1) is 0 Å². The molecule has 17 heavy (non-hydrogen) atoms. The van der Waals surface area contributed by atoms with Crippen LogP contribution < -0.4 is 11.3 Å². The largest absolute Gasteiger partial charge is 0.402 e. The van der Waals surface area contributed by atoms with Gasteiger partial charge in [0, 0.05) is 18.3 Å². The molecule has 0 amide bonds. The normalized spacial score (nSPS) is 15.6. The van der Waals surface area contributed by atoms with Crippen molar-refractivity contribution < 1.29 is 13.2 Å². The number of nitrogens with two attached hydrogens (primary N) is 1. The summed E-state index contributed by atoms with van der Waals surface area (Å²) in [6, 6.07) is 0.0948. The van der Waals surface area contributed by atoms with E-state index in [2.05, 4.69) is 9.97 Å². The maximum Gasteiger partial charge on any atom is 0.402 e. The number of nitrogens with one attached hydrogen (secondary N) is 1. The fourth-order valence-corrected chi connectivity index (χ4v) is 2.17. The van der Waals surface area contributed by atoms with E-state index < -0.39 is 23.0 Å². The van der Waals surface area contributed by atoms with E-state index >= 15 is 0 Å². The Kier molecular flexibility index (Phi) is 4.58. The first kappa shape index (κ1) is 14.0. The quantitative estimate of drug-likeness (QED) is 0.641. The van der Waals surface area contributed by atoms with Crippen molar-refractivity contribution in [2.75, 3.05) is 0 Å². The second-order valence-corrected chi connectivity index (χ2v) is 4.52. The molecule has 1 heterocycles. The van der Waals surface area contributed by atoms with Crippen LogP contribution in [0.4, 0.5) is 13.2 Å². The van der Waals surface area contributed by atoms with Gasteiger partial charge in [-0.25, -0.2) is 4.98 Å². The SMILES string of the molecule is CCC(N)C(Sc1nccc(=O)[nH]1)C(F)(F)F. The van der Waals surface area contributed by atoms with Crippen molar-refractivity contribution in [1.29, 1.82) is 0 Å². The van der Waals surface area contributed by atoms with E-state index in [1.165, 1.54) is 0 Å². The Labute approximate surface area is 99.8 Å². The summed E-state index contributed by atoms with van der Waals surface area (Å²) in [7, 11) is 0. The third kappa shape index (κ3) is 4.04. The molecule has 1 rings (SSSR count).